The van der Waals surface area contributed by atoms with Crippen LogP contribution in [0.15, 0.2) is 54.6 Å². The maximum atomic E-state index is 11.7. The number of carbonyl (C=O) groups excluding carboxylic acids is 1. The lowest BCUT2D eigenvalue weighted by molar-refractivity contribution is -0.135. The molecule has 1 amide bonds. The van der Waals surface area contributed by atoms with Crippen molar-refractivity contribution < 1.29 is 14.7 Å². The predicted octanol–water partition coefficient (Wildman–Crippen LogP) is 1.99. The molecule has 7 heteroatoms. The fourth-order valence-corrected chi connectivity index (χ4v) is 2.11. The SMILES string of the molecule is O=C(O)CNC(=O)c1ccc(NC(=S)NCc2ccccc2)cc1. The monoisotopic (exact) mass is 343 g/mol. The fourth-order valence-electron chi connectivity index (χ4n) is 1.92. The highest BCUT2D eigenvalue weighted by Gasteiger charge is 2.07. The van der Waals surface area contributed by atoms with E-state index in [1.54, 1.807) is 24.3 Å². The maximum absolute atomic E-state index is 11.7. The van der Waals surface area contributed by atoms with Crippen LogP contribution in [0.4, 0.5) is 5.69 Å². The Morgan fingerprint density at radius 2 is 1.62 bits per heavy atom. The Bertz CT molecular complexity index is 718. The largest absolute Gasteiger partial charge is 0.480 e. The van der Waals surface area contributed by atoms with Gasteiger partial charge in [0.1, 0.15) is 6.54 Å². The Kier molecular flexibility index (Phi) is 6.27. The van der Waals surface area contributed by atoms with Crippen molar-refractivity contribution in [3.05, 3.63) is 65.7 Å². The molecule has 24 heavy (non-hydrogen) atoms. The van der Waals surface area contributed by atoms with Gasteiger partial charge in [-0.1, -0.05) is 30.3 Å². The third-order valence-electron chi connectivity index (χ3n) is 3.10. The Labute approximate surface area is 144 Å². The molecule has 0 aromatic heterocycles. The topological polar surface area (TPSA) is 90.5 Å². The van der Waals surface area contributed by atoms with Gasteiger partial charge in [0.05, 0.1) is 0 Å². The van der Waals surface area contributed by atoms with E-state index in [0.717, 1.165) is 11.3 Å². The molecule has 0 aliphatic carbocycles. The van der Waals surface area contributed by atoms with E-state index in [2.05, 4.69) is 16.0 Å². The number of carboxylic acids is 1. The van der Waals surface area contributed by atoms with Crippen LogP contribution in [-0.4, -0.2) is 28.6 Å². The van der Waals surface area contributed by atoms with E-state index < -0.39 is 18.4 Å². The highest BCUT2D eigenvalue weighted by molar-refractivity contribution is 7.80. The minimum Gasteiger partial charge on any atom is -0.480 e. The average molecular weight is 343 g/mol. The number of rotatable bonds is 6. The molecule has 0 unspecified atom stereocenters. The number of amides is 1. The van der Waals surface area contributed by atoms with Crippen LogP contribution in [0.3, 0.4) is 0 Å². The van der Waals surface area contributed by atoms with Crippen molar-refractivity contribution in [2.75, 3.05) is 11.9 Å². The van der Waals surface area contributed by atoms with Crippen molar-refractivity contribution in [3.63, 3.8) is 0 Å². The van der Waals surface area contributed by atoms with E-state index >= 15 is 0 Å². The van der Waals surface area contributed by atoms with Gasteiger partial charge in [-0.15, -0.1) is 0 Å². The van der Waals surface area contributed by atoms with Crippen LogP contribution in [-0.2, 0) is 11.3 Å². The van der Waals surface area contributed by atoms with Crippen molar-refractivity contribution in [3.8, 4) is 0 Å². The van der Waals surface area contributed by atoms with Gasteiger partial charge >= 0.3 is 5.97 Å². The fraction of sp³-hybridized carbons (Fsp3) is 0.118. The maximum Gasteiger partial charge on any atom is 0.322 e. The number of anilines is 1. The van der Waals surface area contributed by atoms with Crippen LogP contribution in [0.1, 0.15) is 15.9 Å². The number of thiocarbonyl (C=S) groups is 1. The number of benzene rings is 2. The number of aliphatic carboxylic acids is 1. The van der Waals surface area contributed by atoms with Crippen LogP contribution < -0.4 is 16.0 Å². The molecule has 0 spiro atoms. The molecule has 2 rings (SSSR count). The van der Waals surface area contributed by atoms with Crippen molar-refractivity contribution in [1.82, 2.24) is 10.6 Å². The molecular weight excluding hydrogens is 326 g/mol. The van der Waals surface area contributed by atoms with Crippen molar-refractivity contribution in [1.29, 1.82) is 0 Å². The lowest BCUT2D eigenvalue weighted by Crippen LogP contribution is -2.29. The third-order valence-corrected chi connectivity index (χ3v) is 3.35. The van der Waals surface area contributed by atoms with Crippen LogP contribution >= 0.6 is 12.2 Å². The van der Waals surface area contributed by atoms with Gasteiger partial charge < -0.3 is 21.1 Å². The van der Waals surface area contributed by atoms with Gasteiger partial charge in [-0.05, 0) is 42.0 Å². The highest BCUT2D eigenvalue weighted by atomic mass is 32.1. The first-order valence-electron chi connectivity index (χ1n) is 7.23. The Hall–Kier alpha value is -2.93. The first-order chi connectivity index (χ1) is 11.5. The molecule has 4 N–H and O–H groups in total. The minimum atomic E-state index is -1.09. The van der Waals surface area contributed by atoms with Crippen molar-refractivity contribution in [2.45, 2.75) is 6.54 Å². The van der Waals surface area contributed by atoms with Crippen LogP contribution in [0.25, 0.3) is 0 Å². The van der Waals surface area contributed by atoms with E-state index in [0.29, 0.717) is 17.2 Å². The lowest BCUT2D eigenvalue weighted by atomic mass is 10.2. The summed E-state index contributed by atoms with van der Waals surface area (Å²) in [6, 6.07) is 16.5. The molecule has 0 saturated carbocycles. The van der Waals surface area contributed by atoms with E-state index in [1.165, 1.54) is 0 Å². The summed E-state index contributed by atoms with van der Waals surface area (Å²) in [6.07, 6.45) is 0. The van der Waals surface area contributed by atoms with Crippen molar-refractivity contribution in [2.24, 2.45) is 0 Å². The quantitative estimate of drug-likeness (QED) is 0.600. The highest BCUT2D eigenvalue weighted by Crippen LogP contribution is 2.09. The molecule has 6 nitrogen and oxygen atoms in total. The smallest absolute Gasteiger partial charge is 0.322 e. The van der Waals surface area contributed by atoms with Gasteiger partial charge in [0.2, 0.25) is 0 Å². The number of nitrogens with one attached hydrogen (secondary N) is 3. The zero-order valence-electron chi connectivity index (χ0n) is 12.8. The van der Waals surface area contributed by atoms with Crippen LogP contribution in [0.5, 0.6) is 0 Å². The van der Waals surface area contributed by atoms with E-state index in [4.69, 9.17) is 17.3 Å². The van der Waals surface area contributed by atoms with Crippen molar-refractivity contribution >= 4 is 34.9 Å². The molecule has 0 radical (unpaired) electrons. The zero-order valence-corrected chi connectivity index (χ0v) is 13.6. The number of carbonyl (C=O) groups is 2. The minimum absolute atomic E-state index is 0.380. The Morgan fingerprint density at radius 1 is 0.958 bits per heavy atom. The van der Waals surface area contributed by atoms with Gasteiger partial charge in [-0.3, -0.25) is 9.59 Å². The summed E-state index contributed by atoms with van der Waals surface area (Å²) in [5, 5.41) is 17.4. The molecule has 124 valence electrons. The first kappa shape index (κ1) is 17.4. The summed E-state index contributed by atoms with van der Waals surface area (Å²) in [5.74, 6) is -1.52. The number of hydrogen-bond donors (Lipinski definition) is 4. The molecule has 2 aromatic carbocycles. The van der Waals surface area contributed by atoms with Gasteiger partial charge in [0.25, 0.3) is 5.91 Å². The molecule has 0 fully saturated rings. The second-order valence-corrected chi connectivity index (χ2v) is 5.36. The molecule has 0 aliphatic heterocycles. The summed E-state index contributed by atoms with van der Waals surface area (Å²) < 4.78 is 0. The van der Waals surface area contributed by atoms with Gasteiger partial charge in [-0.2, -0.15) is 0 Å². The van der Waals surface area contributed by atoms with E-state index in [9.17, 15) is 9.59 Å². The zero-order chi connectivity index (χ0) is 17.4. The molecule has 0 bridgehead atoms. The second-order valence-electron chi connectivity index (χ2n) is 4.95. The normalized spacial score (nSPS) is 9.83. The summed E-state index contributed by atoms with van der Waals surface area (Å²) in [7, 11) is 0. The molecule has 0 aliphatic rings. The summed E-state index contributed by atoms with van der Waals surface area (Å²) in [6.45, 7) is 0.203. The molecule has 0 atom stereocenters. The lowest BCUT2D eigenvalue weighted by Gasteiger charge is -2.11. The van der Waals surface area contributed by atoms with E-state index in [1.807, 2.05) is 30.3 Å². The molecule has 2 aromatic rings. The van der Waals surface area contributed by atoms with E-state index in [-0.39, 0.29) is 0 Å². The van der Waals surface area contributed by atoms with Gasteiger partial charge in [-0.25, -0.2) is 0 Å². The summed E-state index contributed by atoms with van der Waals surface area (Å²) in [4.78, 5) is 22.1. The van der Waals surface area contributed by atoms with Crippen LogP contribution in [0, 0.1) is 0 Å². The summed E-state index contributed by atoms with van der Waals surface area (Å²) >= 11 is 5.22. The predicted molar refractivity (Wildman–Crippen MR) is 95.9 cm³/mol. The third kappa shape index (κ3) is 5.69. The second kappa shape index (κ2) is 8.64. The molecule has 0 saturated heterocycles. The number of carboxylic acid groups (broad SMARTS) is 1. The van der Waals surface area contributed by atoms with Gasteiger partial charge in [0, 0.05) is 17.8 Å². The van der Waals surface area contributed by atoms with Gasteiger partial charge in [0.15, 0.2) is 5.11 Å². The Morgan fingerprint density at radius 3 is 2.25 bits per heavy atom. The molecule has 0 heterocycles. The summed E-state index contributed by atoms with van der Waals surface area (Å²) in [5.41, 5.74) is 2.23. The molecular formula is C17H17N3O3S. The van der Waals surface area contributed by atoms with Crippen LogP contribution in [0.2, 0.25) is 0 Å². The standard InChI is InChI=1S/C17H17N3O3S/c21-15(22)11-18-16(23)13-6-8-14(9-7-13)20-17(24)19-10-12-4-2-1-3-5-12/h1-9H,10-11H2,(H,18,23)(H,21,22)(H2,19,20,24). The Balaban J connectivity index is 1.83. The number of hydrogen-bond acceptors (Lipinski definition) is 3. The first-order valence-corrected chi connectivity index (χ1v) is 7.64. The average Bonchev–Trinajstić information content (AvgIpc) is 2.59.